The van der Waals surface area contributed by atoms with Crippen molar-refractivity contribution in [2.75, 3.05) is 26.2 Å². The van der Waals surface area contributed by atoms with Gasteiger partial charge in [0.1, 0.15) is 0 Å². The molecule has 9 heteroatoms. The predicted molar refractivity (Wildman–Crippen MR) is 117 cm³/mol. The molecule has 1 aliphatic carbocycles. The second-order valence-electron chi connectivity index (χ2n) is 8.11. The van der Waals surface area contributed by atoms with Crippen LogP contribution in [-0.2, 0) is 4.79 Å². The Morgan fingerprint density at radius 2 is 1.84 bits per heavy atom. The van der Waals surface area contributed by atoms with E-state index in [0.29, 0.717) is 43.6 Å². The van der Waals surface area contributed by atoms with Crippen molar-refractivity contribution in [1.29, 1.82) is 0 Å². The molecule has 2 fully saturated rings. The summed E-state index contributed by atoms with van der Waals surface area (Å²) in [4.78, 5) is 38.9. The lowest BCUT2D eigenvalue weighted by atomic mass is 10.1. The number of piperazine rings is 1. The van der Waals surface area contributed by atoms with Crippen LogP contribution in [0.3, 0.4) is 0 Å². The molecule has 4 heterocycles. The Bertz CT molecular complexity index is 1130. The first kappa shape index (κ1) is 19.9. The largest absolute Gasteiger partial charge is 0.339 e. The first-order valence-electron chi connectivity index (χ1n) is 10.5. The normalized spacial score (nSPS) is 16.6. The highest BCUT2D eigenvalue weighted by Crippen LogP contribution is 2.42. The minimum atomic E-state index is -0.0260. The molecule has 3 aromatic heterocycles. The van der Waals surface area contributed by atoms with Crippen molar-refractivity contribution < 1.29 is 9.59 Å². The number of aromatic nitrogens is 4. The van der Waals surface area contributed by atoms with Crippen LogP contribution in [0.2, 0.25) is 0 Å². The maximum Gasteiger partial charge on any atom is 0.257 e. The molecule has 160 valence electrons. The fourth-order valence-electron chi connectivity index (χ4n) is 4.02. The highest BCUT2D eigenvalue weighted by Gasteiger charge is 2.35. The van der Waals surface area contributed by atoms with Gasteiger partial charge < -0.3 is 9.80 Å². The molecular formula is C22H24N6O2S. The van der Waals surface area contributed by atoms with Crippen molar-refractivity contribution >= 4 is 23.2 Å². The van der Waals surface area contributed by atoms with Crippen LogP contribution in [0.15, 0.2) is 29.9 Å². The lowest BCUT2D eigenvalue weighted by Crippen LogP contribution is -2.50. The van der Waals surface area contributed by atoms with Crippen molar-refractivity contribution in [3.8, 4) is 16.5 Å². The molecule has 2 aliphatic rings. The summed E-state index contributed by atoms with van der Waals surface area (Å²) in [5, 5.41) is 6.57. The van der Waals surface area contributed by atoms with Crippen LogP contribution in [0.25, 0.3) is 16.5 Å². The Hall–Kier alpha value is -3.07. The van der Waals surface area contributed by atoms with Crippen molar-refractivity contribution in [1.82, 2.24) is 29.5 Å². The van der Waals surface area contributed by atoms with Gasteiger partial charge in [-0.25, -0.2) is 14.6 Å². The zero-order valence-electron chi connectivity index (χ0n) is 17.6. The van der Waals surface area contributed by atoms with E-state index < -0.39 is 0 Å². The van der Waals surface area contributed by atoms with Crippen LogP contribution >= 0.6 is 11.3 Å². The van der Waals surface area contributed by atoms with Gasteiger partial charge in [-0.1, -0.05) is 6.07 Å². The van der Waals surface area contributed by atoms with Gasteiger partial charge in [0, 0.05) is 45.2 Å². The molecule has 31 heavy (non-hydrogen) atoms. The third-order valence-corrected chi connectivity index (χ3v) is 6.79. The van der Waals surface area contributed by atoms with Crippen molar-refractivity contribution in [2.24, 2.45) is 0 Å². The van der Waals surface area contributed by atoms with E-state index in [1.54, 1.807) is 34.0 Å². The number of amides is 2. The number of hydrogen-bond donors (Lipinski definition) is 0. The first-order chi connectivity index (χ1) is 15.0. The molecule has 0 spiro atoms. The second kappa shape index (κ2) is 7.88. The molecule has 8 nitrogen and oxygen atoms in total. The van der Waals surface area contributed by atoms with E-state index in [0.717, 1.165) is 34.7 Å². The highest BCUT2D eigenvalue weighted by atomic mass is 32.1. The summed E-state index contributed by atoms with van der Waals surface area (Å²) in [5.74, 6) is 0.824. The van der Waals surface area contributed by atoms with Crippen LogP contribution in [0, 0.1) is 6.92 Å². The smallest absolute Gasteiger partial charge is 0.257 e. The number of rotatable bonds is 4. The van der Waals surface area contributed by atoms with E-state index in [2.05, 4.69) is 10.1 Å². The van der Waals surface area contributed by atoms with Crippen LogP contribution in [0.4, 0.5) is 0 Å². The third-order valence-electron chi connectivity index (χ3n) is 5.92. The molecule has 0 N–H and O–H groups in total. The molecule has 1 saturated heterocycles. The van der Waals surface area contributed by atoms with E-state index in [1.807, 2.05) is 35.5 Å². The number of carbonyl (C=O) groups excluding carboxylic acids is 2. The zero-order valence-corrected chi connectivity index (χ0v) is 18.4. The predicted octanol–water partition coefficient (Wildman–Crippen LogP) is 2.88. The number of aryl methyl sites for hydroxylation is 1. The summed E-state index contributed by atoms with van der Waals surface area (Å²) in [6.07, 6.45) is 5.54. The standard InChI is InChI=1S/C22H24N6O2S/c1-14-12-23-22(25-19(14)18-4-3-11-31-18)28-20(16-5-6-16)17(13-24-28)21(30)27-9-7-26(8-10-27)15(2)29/h3-4,11-13,16H,5-10H2,1-2H3. The molecule has 0 bridgehead atoms. The second-order valence-corrected chi connectivity index (χ2v) is 9.05. The van der Waals surface area contributed by atoms with Gasteiger partial charge in [-0.2, -0.15) is 5.10 Å². The van der Waals surface area contributed by atoms with Crippen molar-refractivity contribution in [2.45, 2.75) is 32.6 Å². The van der Waals surface area contributed by atoms with Crippen LogP contribution < -0.4 is 0 Å². The Balaban J connectivity index is 1.47. The Kier molecular flexibility index (Phi) is 5.05. The summed E-state index contributed by atoms with van der Waals surface area (Å²) < 4.78 is 1.74. The molecule has 2 amide bonds. The van der Waals surface area contributed by atoms with Gasteiger partial charge in [-0.15, -0.1) is 11.3 Å². The van der Waals surface area contributed by atoms with Gasteiger partial charge in [0.15, 0.2) is 0 Å². The van der Waals surface area contributed by atoms with E-state index >= 15 is 0 Å². The molecule has 3 aromatic rings. The molecule has 0 aromatic carbocycles. The van der Waals surface area contributed by atoms with E-state index in [1.165, 1.54) is 0 Å². The first-order valence-corrected chi connectivity index (χ1v) is 11.4. The molecule has 0 radical (unpaired) electrons. The SMILES string of the molecule is CC(=O)N1CCN(C(=O)c2cnn(-c3ncc(C)c(-c4cccs4)n3)c2C2CC2)CC1. The molecular weight excluding hydrogens is 412 g/mol. The van der Waals surface area contributed by atoms with Crippen molar-refractivity contribution in [3.63, 3.8) is 0 Å². The quantitative estimate of drug-likeness (QED) is 0.628. The summed E-state index contributed by atoms with van der Waals surface area (Å²) in [6.45, 7) is 5.78. The molecule has 1 saturated carbocycles. The molecule has 0 atom stereocenters. The minimum Gasteiger partial charge on any atom is -0.339 e. The van der Waals surface area contributed by atoms with E-state index in [4.69, 9.17) is 4.98 Å². The lowest BCUT2D eigenvalue weighted by molar-refractivity contribution is -0.130. The van der Waals surface area contributed by atoms with Gasteiger partial charge in [-0.05, 0) is 36.8 Å². The number of hydrogen-bond acceptors (Lipinski definition) is 6. The zero-order chi connectivity index (χ0) is 21.5. The van der Waals surface area contributed by atoms with Gasteiger partial charge >= 0.3 is 0 Å². The maximum atomic E-state index is 13.3. The average molecular weight is 437 g/mol. The van der Waals surface area contributed by atoms with Crippen LogP contribution in [-0.4, -0.2) is 67.5 Å². The summed E-state index contributed by atoms with van der Waals surface area (Å²) in [5.41, 5.74) is 3.43. The number of thiophene rings is 1. The average Bonchev–Trinajstić information content (AvgIpc) is 3.29. The summed E-state index contributed by atoms with van der Waals surface area (Å²) in [7, 11) is 0. The van der Waals surface area contributed by atoms with Gasteiger partial charge in [0.2, 0.25) is 5.91 Å². The molecule has 0 unspecified atom stereocenters. The maximum absolute atomic E-state index is 13.3. The lowest BCUT2D eigenvalue weighted by Gasteiger charge is -2.34. The number of carbonyl (C=O) groups is 2. The molecule has 5 rings (SSSR count). The Labute approximate surface area is 184 Å². The fraction of sp³-hybridized carbons (Fsp3) is 0.409. The Morgan fingerprint density at radius 1 is 1.10 bits per heavy atom. The van der Waals surface area contributed by atoms with Gasteiger partial charge in [0.25, 0.3) is 11.9 Å². The van der Waals surface area contributed by atoms with Crippen LogP contribution in [0.5, 0.6) is 0 Å². The van der Waals surface area contributed by atoms with Gasteiger partial charge in [-0.3, -0.25) is 9.59 Å². The monoisotopic (exact) mass is 436 g/mol. The van der Waals surface area contributed by atoms with Gasteiger partial charge in [0.05, 0.1) is 28.0 Å². The minimum absolute atomic E-state index is 0.0260. The van der Waals surface area contributed by atoms with Crippen molar-refractivity contribution in [3.05, 3.63) is 46.7 Å². The topological polar surface area (TPSA) is 84.2 Å². The number of nitrogens with zero attached hydrogens (tertiary/aromatic N) is 6. The summed E-state index contributed by atoms with van der Waals surface area (Å²) >= 11 is 1.64. The Morgan fingerprint density at radius 3 is 2.48 bits per heavy atom. The molecule has 1 aliphatic heterocycles. The highest BCUT2D eigenvalue weighted by molar-refractivity contribution is 7.13. The van der Waals surface area contributed by atoms with Crippen LogP contribution in [0.1, 0.15) is 47.3 Å². The van der Waals surface area contributed by atoms with E-state index in [-0.39, 0.29) is 11.8 Å². The fourth-order valence-corrected chi connectivity index (χ4v) is 4.80. The summed E-state index contributed by atoms with van der Waals surface area (Å²) in [6, 6.07) is 4.05. The van der Waals surface area contributed by atoms with E-state index in [9.17, 15) is 9.59 Å². The third kappa shape index (κ3) is 3.74.